The fraction of sp³-hybridized carbons (Fsp3) is 0.833. The molecule has 4 N–H and O–H groups in total. The smallest absolute Gasteiger partial charge is 0.337 e. The molecule has 2 unspecified atom stereocenters. The molecular weight excluding hydrogens is 170 g/mol. The van der Waals surface area contributed by atoms with E-state index in [-0.39, 0.29) is 18.8 Å². The quantitative estimate of drug-likeness (QED) is 0.520. The summed E-state index contributed by atoms with van der Waals surface area (Å²) in [5.41, 5.74) is 3.73. The molecule has 0 bridgehead atoms. The molecule has 0 spiro atoms. The Balaban J connectivity index is 0.000001000. The van der Waals surface area contributed by atoms with Gasteiger partial charge < -0.3 is 15.9 Å². The molecule has 0 aliphatic heterocycles. The lowest BCUT2D eigenvalue weighted by Gasteiger charge is -2.21. The molecule has 1 rings (SSSR count). The fourth-order valence-electron chi connectivity index (χ4n) is 1.28. The van der Waals surface area contributed by atoms with Crippen molar-refractivity contribution in [3.8, 4) is 0 Å². The number of halogens is 1. The molecule has 0 aromatic rings. The molecule has 11 heavy (non-hydrogen) atoms. The van der Waals surface area contributed by atoms with Gasteiger partial charge >= 0.3 is 5.97 Å². The Hall–Kier alpha value is -0.320. The fourth-order valence-corrected chi connectivity index (χ4v) is 1.28. The first-order valence-corrected chi connectivity index (χ1v) is 3.29. The zero-order chi connectivity index (χ0) is 7.78. The van der Waals surface area contributed by atoms with Gasteiger partial charge in [0.2, 0.25) is 0 Å². The Kier molecular flexibility index (Phi) is 3.29. The molecule has 1 saturated carbocycles. The van der Waals surface area contributed by atoms with Crippen LogP contribution in [0.15, 0.2) is 0 Å². The van der Waals surface area contributed by atoms with Crippen LogP contribution in [0, 0.1) is 0 Å². The largest absolute Gasteiger partial charge is 0.479 e. The van der Waals surface area contributed by atoms with Gasteiger partial charge in [0.15, 0.2) is 5.60 Å². The number of aliphatic hydroxyl groups is 1. The number of carbonyl (C=O) groups is 1. The van der Waals surface area contributed by atoms with Gasteiger partial charge in [-0.3, -0.25) is 0 Å². The molecule has 1 fully saturated rings. The van der Waals surface area contributed by atoms with Crippen LogP contribution in [0.2, 0.25) is 0 Å². The third-order valence-electron chi connectivity index (χ3n) is 2.06. The van der Waals surface area contributed by atoms with Gasteiger partial charge in [-0.1, -0.05) is 0 Å². The number of carboxylic acid groups (broad SMARTS) is 1. The number of hydrogen-bond donors (Lipinski definition) is 3. The van der Waals surface area contributed by atoms with Gasteiger partial charge in [-0.2, -0.15) is 0 Å². The molecule has 66 valence electrons. The summed E-state index contributed by atoms with van der Waals surface area (Å²) in [5.74, 6) is -1.20. The predicted molar refractivity (Wildman–Crippen MR) is 41.7 cm³/mol. The second kappa shape index (κ2) is 3.38. The van der Waals surface area contributed by atoms with E-state index < -0.39 is 17.6 Å². The lowest BCUT2D eigenvalue weighted by atomic mass is 9.99. The molecule has 2 atom stereocenters. The van der Waals surface area contributed by atoms with Crippen LogP contribution >= 0.6 is 12.4 Å². The Bertz CT molecular complexity index is 164. The Labute approximate surface area is 70.8 Å². The maximum absolute atomic E-state index is 10.4. The normalized spacial score (nSPS) is 36.4. The average molecular weight is 182 g/mol. The topological polar surface area (TPSA) is 83.5 Å². The van der Waals surface area contributed by atoms with Crippen molar-refractivity contribution >= 4 is 18.4 Å². The van der Waals surface area contributed by atoms with E-state index in [0.29, 0.717) is 12.8 Å². The minimum atomic E-state index is -1.65. The van der Waals surface area contributed by atoms with Crippen LogP contribution in [-0.2, 0) is 4.79 Å². The summed E-state index contributed by atoms with van der Waals surface area (Å²) in [6, 6.07) is -0.593. The van der Waals surface area contributed by atoms with Gasteiger partial charge in [0.1, 0.15) is 0 Å². The van der Waals surface area contributed by atoms with Crippen LogP contribution in [0.3, 0.4) is 0 Å². The number of nitrogens with two attached hydrogens (primary N) is 1. The summed E-state index contributed by atoms with van der Waals surface area (Å²) in [5, 5.41) is 17.8. The van der Waals surface area contributed by atoms with Gasteiger partial charge in [0.25, 0.3) is 0 Å². The summed E-state index contributed by atoms with van der Waals surface area (Å²) in [7, 11) is 0. The van der Waals surface area contributed by atoms with Crippen molar-refractivity contribution < 1.29 is 15.0 Å². The average Bonchev–Trinajstić information content (AvgIpc) is 2.15. The molecule has 0 heterocycles. The highest BCUT2D eigenvalue weighted by molar-refractivity contribution is 5.85. The van der Waals surface area contributed by atoms with Crippen LogP contribution in [0.5, 0.6) is 0 Å². The Morgan fingerprint density at radius 2 is 2.18 bits per heavy atom. The lowest BCUT2D eigenvalue weighted by molar-refractivity contribution is -0.158. The first kappa shape index (κ1) is 10.7. The summed E-state index contributed by atoms with van der Waals surface area (Å²) in [6.45, 7) is 0. The molecule has 0 aromatic carbocycles. The molecule has 0 saturated heterocycles. The maximum Gasteiger partial charge on any atom is 0.337 e. The van der Waals surface area contributed by atoms with E-state index in [1.165, 1.54) is 0 Å². The van der Waals surface area contributed by atoms with E-state index in [1.54, 1.807) is 0 Å². The van der Waals surface area contributed by atoms with Crippen LogP contribution < -0.4 is 5.73 Å². The van der Waals surface area contributed by atoms with Crippen LogP contribution in [0.1, 0.15) is 19.3 Å². The number of carboxylic acids is 1. The minimum Gasteiger partial charge on any atom is -0.479 e. The van der Waals surface area contributed by atoms with Crippen molar-refractivity contribution in [2.75, 3.05) is 0 Å². The number of hydrogen-bond acceptors (Lipinski definition) is 3. The van der Waals surface area contributed by atoms with Gasteiger partial charge in [0.05, 0.1) is 0 Å². The molecule has 1 aliphatic rings. The summed E-state index contributed by atoms with van der Waals surface area (Å²) < 4.78 is 0. The van der Waals surface area contributed by atoms with Crippen molar-refractivity contribution in [2.24, 2.45) is 5.73 Å². The van der Waals surface area contributed by atoms with E-state index in [0.717, 1.165) is 0 Å². The van der Waals surface area contributed by atoms with E-state index in [9.17, 15) is 9.90 Å². The summed E-state index contributed by atoms with van der Waals surface area (Å²) in [4.78, 5) is 10.4. The third-order valence-corrected chi connectivity index (χ3v) is 2.06. The van der Waals surface area contributed by atoms with Gasteiger partial charge in [-0.25, -0.2) is 4.79 Å². The van der Waals surface area contributed by atoms with Crippen molar-refractivity contribution in [3.63, 3.8) is 0 Å². The van der Waals surface area contributed by atoms with Crippen LogP contribution in [0.4, 0.5) is 0 Å². The molecule has 5 heteroatoms. The van der Waals surface area contributed by atoms with Crippen molar-refractivity contribution in [1.82, 2.24) is 0 Å². The molecule has 0 amide bonds. The van der Waals surface area contributed by atoms with Gasteiger partial charge in [-0.15, -0.1) is 12.4 Å². The molecular formula is C6H12ClNO3. The second-order valence-electron chi connectivity index (χ2n) is 2.73. The van der Waals surface area contributed by atoms with Crippen LogP contribution in [-0.4, -0.2) is 27.8 Å². The first-order chi connectivity index (χ1) is 4.57. The van der Waals surface area contributed by atoms with E-state index >= 15 is 0 Å². The number of rotatable bonds is 1. The Morgan fingerprint density at radius 1 is 1.64 bits per heavy atom. The Morgan fingerprint density at radius 3 is 2.36 bits per heavy atom. The summed E-state index contributed by atoms with van der Waals surface area (Å²) >= 11 is 0. The third kappa shape index (κ3) is 1.64. The number of aliphatic carboxylic acids is 1. The standard InChI is InChI=1S/C6H11NO3.ClH/c7-4-2-1-3-6(4,10)5(8)9;/h4,10H,1-3,7H2,(H,8,9);1H. The van der Waals surface area contributed by atoms with Gasteiger partial charge in [0, 0.05) is 6.04 Å². The summed E-state index contributed by atoms with van der Waals surface area (Å²) in [6.07, 6.45) is 1.58. The molecule has 1 aliphatic carbocycles. The van der Waals surface area contributed by atoms with Crippen LogP contribution in [0.25, 0.3) is 0 Å². The SMILES string of the molecule is Cl.NC1CCCC1(O)C(=O)O. The van der Waals surface area contributed by atoms with Crippen molar-refractivity contribution in [2.45, 2.75) is 30.9 Å². The monoisotopic (exact) mass is 181 g/mol. The zero-order valence-corrected chi connectivity index (χ0v) is 6.80. The highest BCUT2D eigenvalue weighted by atomic mass is 35.5. The maximum atomic E-state index is 10.4. The lowest BCUT2D eigenvalue weighted by Crippen LogP contribution is -2.49. The molecule has 0 radical (unpaired) electrons. The van der Waals surface area contributed by atoms with E-state index in [2.05, 4.69) is 0 Å². The van der Waals surface area contributed by atoms with Crippen molar-refractivity contribution in [1.29, 1.82) is 0 Å². The molecule has 4 nitrogen and oxygen atoms in total. The predicted octanol–water partition coefficient (Wildman–Crippen LogP) is -0.265. The van der Waals surface area contributed by atoms with E-state index in [1.807, 2.05) is 0 Å². The van der Waals surface area contributed by atoms with Gasteiger partial charge in [-0.05, 0) is 19.3 Å². The van der Waals surface area contributed by atoms with E-state index in [4.69, 9.17) is 10.8 Å². The second-order valence-corrected chi connectivity index (χ2v) is 2.73. The highest BCUT2D eigenvalue weighted by Gasteiger charge is 2.45. The zero-order valence-electron chi connectivity index (χ0n) is 5.99. The highest BCUT2D eigenvalue weighted by Crippen LogP contribution is 2.28. The molecule has 0 aromatic heterocycles. The van der Waals surface area contributed by atoms with Crippen molar-refractivity contribution in [3.05, 3.63) is 0 Å². The first-order valence-electron chi connectivity index (χ1n) is 3.29. The minimum absolute atomic E-state index is 0.